The van der Waals surface area contributed by atoms with Gasteiger partial charge in [-0.1, -0.05) is 12.1 Å². The third-order valence-corrected chi connectivity index (χ3v) is 2.92. The van der Waals surface area contributed by atoms with Crippen LogP contribution >= 0.6 is 12.6 Å². The number of carbonyl (C=O) groups excluding carboxylic acids is 1. The quantitative estimate of drug-likeness (QED) is 0.790. The molecule has 3 heteroatoms. The van der Waals surface area contributed by atoms with Crippen LogP contribution in [0.4, 0.5) is 5.69 Å². The molecule has 15 heavy (non-hydrogen) atoms. The van der Waals surface area contributed by atoms with E-state index in [1.807, 2.05) is 12.1 Å². The maximum atomic E-state index is 10.8. The van der Waals surface area contributed by atoms with E-state index >= 15 is 0 Å². The number of anilines is 1. The van der Waals surface area contributed by atoms with Crippen LogP contribution in [0.25, 0.3) is 0 Å². The Hall–Kier alpha value is -0.960. The second kappa shape index (κ2) is 4.71. The monoisotopic (exact) mass is 221 g/mol. The summed E-state index contributed by atoms with van der Waals surface area (Å²) in [4.78, 5) is 13.2. The molecule has 2 rings (SSSR count). The van der Waals surface area contributed by atoms with Crippen molar-refractivity contribution in [3.05, 3.63) is 29.8 Å². The lowest BCUT2D eigenvalue weighted by molar-refractivity contribution is -0.110. The lowest BCUT2D eigenvalue weighted by Crippen LogP contribution is -2.17. The Balaban J connectivity index is 2.06. The molecule has 0 bridgehead atoms. The van der Waals surface area contributed by atoms with Crippen molar-refractivity contribution < 1.29 is 4.79 Å². The molecule has 0 saturated carbocycles. The summed E-state index contributed by atoms with van der Waals surface area (Å²) in [5.41, 5.74) is 2.31. The fraction of sp³-hybridized carbons (Fsp3) is 0.417. The van der Waals surface area contributed by atoms with Gasteiger partial charge in [-0.3, -0.25) is 4.79 Å². The SMILES string of the molecule is O=C(S)Cc1ccc(N2CCCC2)cc1. The van der Waals surface area contributed by atoms with Crippen molar-refractivity contribution in [3.8, 4) is 0 Å². The Kier molecular flexibility index (Phi) is 3.31. The molecule has 1 aliphatic heterocycles. The van der Waals surface area contributed by atoms with Crippen LogP contribution < -0.4 is 4.90 Å². The van der Waals surface area contributed by atoms with Gasteiger partial charge in [0.05, 0.1) is 0 Å². The van der Waals surface area contributed by atoms with Crippen molar-refractivity contribution in [1.29, 1.82) is 0 Å². The van der Waals surface area contributed by atoms with E-state index < -0.39 is 0 Å². The zero-order chi connectivity index (χ0) is 10.7. The third kappa shape index (κ3) is 2.75. The highest BCUT2D eigenvalue weighted by atomic mass is 32.1. The van der Waals surface area contributed by atoms with Gasteiger partial charge in [-0.25, -0.2) is 0 Å². The van der Waals surface area contributed by atoms with Crippen LogP contribution in [0.15, 0.2) is 24.3 Å². The fourth-order valence-electron chi connectivity index (χ4n) is 1.97. The maximum absolute atomic E-state index is 10.8. The van der Waals surface area contributed by atoms with Crippen molar-refractivity contribution >= 4 is 23.4 Å². The molecule has 0 aromatic heterocycles. The summed E-state index contributed by atoms with van der Waals surface area (Å²) in [7, 11) is 0. The van der Waals surface area contributed by atoms with Crippen LogP contribution in [0.1, 0.15) is 18.4 Å². The molecule has 80 valence electrons. The number of thiol groups is 1. The molecule has 2 nitrogen and oxygen atoms in total. The molecule has 0 radical (unpaired) electrons. The normalized spacial score (nSPS) is 15.7. The zero-order valence-electron chi connectivity index (χ0n) is 8.65. The van der Waals surface area contributed by atoms with Gasteiger partial charge in [-0.2, -0.15) is 0 Å². The van der Waals surface area contributed by atoms with E-state index in [2.05, 4.69) is 29.7 Å². The Morgan fingerprint density at radius 2 is 1.80 bits per heavy atom. The second-order valence-corrected chi connectivity index (χ2v) is 4.43. The number of hydrogen-bond donors (Lipinski definition) is 1. The average Bonchev–Trinajstić information content (AvgIpc) is 2.71. The van der Waals surface area contributed by atoms with Crippen molar-refractivity contribution in [3.63, 3.8) is 0 Å². The van der Waals surface area contributed by atoms with Crippen LogP contribution in [0.5, 0.6) is 0 Å². The summed E-state index contributed by atoms with van der Waals surface area (Å²) in [6, 6.07) is 8.22. The molecule has 0 N–H and O–H groups in total. The predicted molar refractivity (Wildman–Crippen MR) is 65.6 cm³/mol. The minimum Gasteiger partial charge on any atom is -0.372 e. The van der Waals surface area contributed by atoms with Crippen molar-refractivity contribution in [2.45, 2.75) is 19.3 Å². The Labute approximate surface area is 95.7 Å². The largest absolute Gasteiger partial charge is 0.372 e. The molecule has 0 unspecified atom stereocenters. The van der Waals surface area contributed by atoms with Crippen LogP contribution in [-0.2, 0) is 11.2 Å². The van der Waals surface area contributed by atoms with Crippen LogP contribution in [0.3, 0.4) is 0 Å². The van der Waals surface area contributed by atoms with Crippen molar-refractivity contribution in [1.82, 2.24) is 0 Å². The van der Waals surface area contributed by atoms with E-state index in [0.717, 1.165) is 18.7 Å². The van der Waals surface area contributed by atoms with E-state index in [9.17, 15) is 4.79 Å². The molecule has 1 aromatic rings. The number of carbonyl (C=O) groups is 1. The topological polar surface area (TPSA) is 20.3 Å². The molecule has 0 amide bonds. The number of benzene rings is 1. The van der Waals surface area contributed by atoms with Gasteiger partial charge < -0.3 is 4.90 Å². The van der Waals surface area contributed by atoms with Crippen LogP contribution in [-0.4, -0.2) is 18.2 Å². The summed E-state index contributed by atoms with van der Waals surface area (Å²) >= 11 is 3.77. The third-order valence-electron chi connectivity index (χ3n) is 2.76. The van der Waals surface area contributed by atoms with Gasteiger partial charge in [0.1, 0.15) is 0 Å². The molecule has 1 saturated heterocycles. The summed E-state index contributed by atoms with van der Waals surface area (Å²) in [6.07, 6.45) is 3.00. The highest BCUT2D eigenvalue weighted by molar-refractivity contribution is 7.96. The minimum absolute atomic E-state index is 0.0797. The minimum atomic E-state index is -0.0797. The summed E-state index contributed by atoms with van der Waals surface area (Å²) in [5.74, 6) is 0. The standard InChI is InChI=1S/C12H15NOS/c14-12(15)9-10-3-5-11(6-4-10)13-7-1-2-8-13/h3-6H,1-2,7-9H2,(H,14,15). The summed E-state index contributed by atoms with van der Waals surface area (Å²) in [6.45, 7) is 2.32. The van der Waals surface area contributed by atoms with Gasteiger partial charge in [0.15, 0.2) is 5.12 Å². The lowest BCUT2D eigenvalue weighted by atomic mass is 10.1. The average molecular weight is 221 g/mol. The number of nitrogens with zero attached hydrogens (tertiary/aromatic N) is 1. The lowest BCUT2D eigenvalue weighted by Gasteiger charge is -2.17. The van der Waals surface area contributed by atoms with E-state index in [-0.39, 0.29) is 5.12 Å². The number of rotatable bonds is 3. The Bertz CT molecular complexity index is 341. The Morgan fingerprint density at radius 3 is 2.33 bits per heavy atom. The first kappa shape index (κ1) is 10.6. The van der Waals surface area contributed by atoms with Gasteiger partial charge in [0.25, 0.3) is 0 Å². The molecule has 1 fully saturated rings. The highest BCUT2D eigenvalue weighted by Crippen LogP contribution is 2.20. The first-order chi connectivity index (χ1) is 7.25. The molecule has 0 aliphatic carbocycles. The smallest absolute Gasteiger partial charge is 0.190 e. The molecule has 1 aliphatic rings. The van der Waals surface area contributed by atoms with Gasteiger partial charge in [-0.05, 0) is 30.5 Å². The molecule has 1 heterocycles. The van der Waals surface area contributed by atoms with Crippen molar-refractivity contribution in [2.75, 3.05) is 18.0 Å². The van der Waals surface area contributed by atoms with E-state index in [1.165, 1.54) is 18.5 Å². The molecule has 0 spiro atoms. The molecular formula is C12H15NOS. The molecule has 0 atom stereocenters. The molecular weight excluding hydrogens is 206 g/mol. The van der Waals surface area contributed by atoms with Gasteiger partial charge in [-0.15, -0.1) is 12.6 Å². The van der Waals surface area contributed by atoms with Crippen LogP contribution in [0.2, 0.25) is 0 Å². The Morgan fingerprint density at radius 1 is 1.20 bits per heavy atom. The van der Waals surface area contributed by atoms with Gasteiger partial charge in [0, 0.05) is 25.2 Å². The van der Waals surface area contributed by atoms with Gasteiger partial charge in [0.2, 0.25) is 0 Å². The first-order valence-electron chi connectivity index (χ1n) is 5.31. The van der Waals surface area contributed by atoms with E-state index in [4.69, 9.17) is 0 Å². The first-order valence-corrected chi connectivity index (χ1v) is 5.76. The van der Waals surface area contributed by atoms with Crippen LogP contribution in [0, 0.1) is 0 Å². The predicted octanol–water partition coefficient (Wildman–Crippen LogP) is 2.29. The number of hydrogen-bond acceptors (Lipinski definition) is 2. The highest BCUT2D eigenvalue weighted by Gasteiger charge is 2.11. The maximum Gasteiger partial charge on any atom is 0.190 e. The second-order valence-electron chi connectivity index (χ2n) is 3.93. The fourth-order valence-corrected chi connectivity index (χ4v) is 2.16. The van der Waals surface area contributed by atoms with Gasteiger partial charge >= 0.3 is 0 Å². The van der Waals surface area contributed by atoms with E-state index in [0.29, 0.717) is 6.42 Å². The summed E-state index contributed by atoms with van der Waals surface area (Å²) < 4.78 is 0. The van der Waals surface area contributed by atoms with Crippen molar-refractivity contribution in [2.24, 2.45) is 0 Å². The zero-order valence-corrected chi connectivity index (χ0v) is 9.54. The molecule has 1 aromatic carbocycles. The van der Waals surface area contributed by atoms with E-state index in [1.54, 1.807) is 0 Å². The summed E-state index contributed by atoms with van der Waals surface area (Å²) in [5, 5.41) is -0.0797.